The van der Waals surface area contributed by atoms with E-state index in [1.54, 1.807) is 0 Å². The molecule has 6 nitrogen and oxygen atoms in total. The number of rotatable bonds is 5. The maximum absolute atomic E-state index is 4.63. The van der Waals surface area contributed by atoms with Crippen LogP contribution in [0.15, 0.2) is 219 Å². The smallest absolute Gasteiger partial charge is 0.0572 e. The molecule has 0 N–H and O–H groups in total. The van der Waals surface area contributed by atoms with E-state index in [1.807, 2.05) is 24.8 Å². The lowest BCUT2D eigenvalue weighted by Gasteiger charge is -2.21. The van der Waals surface area contributed by atoms with Crippen LogP contribution >= 0.6 is 0 Å². The van der Waals surface area contributed by atoms with Crippen LogP contribution in [0.1, 0.15) is 0 Å². The summed E-state index contributed by atoms with van der Waals surface area (Å²) in [5, 5.41) is 9.48. The molecular formula is C58H36N6. The number of hydrogen-bond acceptors (Lipinski definition) is 2. The van der Waals surface area contributed by atoms with Crippen LogP contribution in [-0.4, -0.2) is 28.2 Å². The van der Waals surface area contributed by atoms with E-state index in [4.69, 9.17) is 0 Å². The summed E-state index contributed by atoms with van der Waals surface area (Å²) in [4.78, 5) is 9.26. The lowest BCUT2D eigenvalue weighted by molar-refractivity contribution is 1.12. The van der Waals surface area contributed by atoms with Gasteiger partial charge in [0.25, 0.3) is 0 Å². The van der Waals surface area contributed by atoms with Gasteiger partial charge < -0.3 is 18.3 Å². The summed E-state index contributed by atoms with van der Waals surface area (Å²) in [6.07, 6.45) is 7.82. The van der Waals surface area contributed by atoms with Crippen molar-refractivity contribution in [2.45, 2.75) is 0 Å². The molecule has 0 fully saturated rings. The molecule has 0 unspecified atom stereocenters. The van der Waals surface area contributed by atoms with E-state index in [2.05, 4.69) is 222 Å². The minimum absolute atomic E-state index is 1.07. The number of pyridine rings is 2. The fourth-order valence-electron chi connectivity index (χ4n) is 10.7. The SMILES string of the molecule is c1ccc2c(c1)c1ccccc1n2-c1ccc(-c2ccc(-n3c4ccccc4c4ccccc43)cc2-n2c3ccccc3c3cnccc32)c(-n2c3ccccc3c3cnccc32)c1. The maximum atomic E-state index is 4.63. The van der Waals surface area contributed by atoms with Crippen molar-refractivity contribution in [3.05, 3.63) is 219 Å². The molecule has 6 aromatic heterocycles. The van der Waals surface area contributed by atoms with Crippen LogP contribution in [0.25, 0.3) is 121 Å². The standard InChI is InChI=1S/C58H36N6/c1-7-19-49-39(13-1)40-14-2-8-20-50(40)61(49)37-25-27-45(57(33-37)63-53-23-11-5-17-43(53)47-35-59-31-29-55(47)63)46-28-26-38(62-51-21-9-3-15-41(51)42-16-4-10-22-52(42)62)34-58(46)64-54-24-12-6-18-44(54)48-36-60-32-30-56(48)64/h1-36H. The molecule has 8 aromatic carbocycles. The zero-order valence-electron chi connectivity index (χ0n) is 34.5. The van der Waals surface area contributed by atoms with Crippen LogP contribution in [-0.2, 0) is 0 Å². The summed E-state index contributed by atoms with van der Waals surface area (Å²) in [5.74, 6) is 0. The summed E-state index contributed by atoms with van der Waals surface area (Å²) >= 11 is 0. The Morgan fingerprint density at radius 2 is 0.531 bits per heavy atom. The van der Waals surface area contributed by atoms with Gasteiger partial charge in [-0.2, -0.15) is 0 Å². The Balaban J connectivity index is 1.13. The van der Waals surface area contributed by atoms with Crippen molar-refractivity contribution in [1.82, 2.24) is 28.2 Å². The number of benzene rings is 8. The number of para-hydroxylation sites is 6. The molecule has 0 aliphatic heterocycles. The molecule has 0 saturated heterocycles. The second-order valence-electron chi connectivity index (χ2n) is 16.6. The zero-order valence-corrected chi connectivity index (χ0v) is 34.5. The molecule has 0 spiro atoms. The average Bonchev–Trinajstić information content (AvgIpc) is 4.09. The fourth-order valence-corrected chi connectivity index (χ4v) is 10.7. The Morgan fingerprint density at radius 3 is 0.875 bits per heavy atom. The summed E-state index contributed by atoms with van der Waals surface area (Å²) in [7, 11) is 0. The first-order valence-corrected chi connectivity index (χ1v) is 21.7. The van der Waals surface area contributed by atoms with Crippen LogP contribution in [0.2, 0.25) is 0 Å². The predicted octanol–water partition coefficient (Wildman–Crippen LogP) is 14.5. The fraction of sp³-hybridized carbons (Fsp3) is 0. The minimum Gasteiger partial charge on any atom is -0.309 e. The number of fused-ring (bicyclic) bond motifs is 12. The molecule has 0 radical (unpaired) electrons. The van der Waals surface area contributed by atoms with Crippen molar-refractivity contribution in [1.29, 1.82) is 0 Å². The topological polar surface area (TPSA) is 45.5 Å². The van der Waals surface area contributed by atoms with Gasteiger partial charge >= 0.3 is 0 Å². The quantitative estimate of drug-likeness (QED) is 0.174. The van der Waals surface area contributed by atoms with Crippen LogP contribution in [0.4, 0.5) is 0 Å². The maximum Gasteiger partial charge on any atom is 0.0572 e. The van der Waals surface area contributed by atoms with E-state index in [-0.39, 0.29) is 0 Å². The Bertz CT molecular complexity index is 3730. The second-order valence-corrected chi connectivity index (χ2v) is 16.6. The van der Waals surface area contributed by atoms with Gasteiger partial charge in [0.1, 0.15) is 0 Å². The summed E-state index contributed by atoms with van der Waals surface area (Å²) < 4.78 is 9.72. The van der Waals surface area contributed by atoms with Gasteiger partial charge in [0.15, 0.2) is 0 Å². The highest BCUT2D eigenvalue weighted by Gasteiger charge is 2.23. The van der Waals surface area contributed by atoms with Crippen LogP contribution < -0.4 is 0 Å². The van der Waals surface area contributed by atoms with E-state index >= 15 is 0 Å². The van der Waals surface area contributed by atoms with Gasteiger partial charge in [-0.3, -0.25) is 9.97 Å². The van der Waals surface area contributed by atoms with Crippen LogP contribution in [0.3, 0.4) is 0 Å². The van der Waals surface area contributed by atoms with E-state index in [1.165, 1.54) is 43.6 Å². The third kappa shape index (κ3) is 4.85. The molecule has 0 saturated carbocycles. The van der Waals surface area contributed by atoms with Gasteiger partial charge in [-0.25, -0.2) is 0 Å². The van der Waals surface area contributed by atoms with Crippen molar-refractivity contribution in [2.75, 3.05) is 0 Å². The van der Waals surface area contributed by atoms with E-state index < -0.39 is 0 Å². The molecule has 0 bridgehead atoms. The van der Waals surface area contributed by atoms with Crippen molar-refractivity contribution in [2.24, 2.45) is 0 Å². The van der Waals surface area contributed by atoms with Crippen LogP contribution in [0, 0.1) is 0 Å². The summed E-state index contributed by atoms with van der Waals surface area (Å²) in [6, 6.07) is 70.7. The molecule has 6 heterocycles. The highest BCUT2D eigenvalue weighted by molar-refractivity contribution is 6.13. The molecule has 14 aromatic rings. The molecule has 0 aliphatic carbocycles. The largest absolute Gasteiger partial charge is 0.309 e. The summed E-state index contributed by atoms with van der Waals surface area (Å²) in [6.45, 7) is 0. The second kappa shape index (κ2) is 13.4. The molecule has 6 heteroatoms. The molecule has 0 amide bonds. The van der Waals surface area contributed by atoms with Crippen molar-refractivity contribution in [3.8, 4) is 33.9 Å². The van der Waals surface area contributed by atoms with Gasteiger partial charge in [0, 0.05) is 90.4 Å². The number of aromatic nitrogens is 6. The third-order valence-electron chi connectivity index (χ3n) is 13.4. The Labute approximate surface area is 366 Å². The summed E-state index contributed by atoms with van der Waals surface area (Å²) in [5.41, 5.74) is 15.7. The van der Waals surface area contributed by atoms with Gasteiger partial charge in [-0.15, -0.1) is 0 Å². The van der Waals surface area contributed by atoms with E-state index in [0.717, 1.165) is 77.5 Å². The lowest BCUT2D eigenvalue weighted by atomic mass is 9.99. The Morgan fingerprint density at radius 1 is 0.250 bits per heavy atom. The number of nitrogens with zero attached hydrogens (tertiary/aromatic N) is 6. The number of hydrogen-bond donors (Lipinski definition) is 0. The van der Waals surface area contributed by atoms with Gasteiger partial charge in [0.05, 0.1) is 55.5 Å². The predicted molar refractivity (Wildman–Crippen MR) is 265 cm³/mol. The molecule has 0 aliphatic rings. The highest BCUT2D eigenvalue weighted by atomic mass is 15.0. The van der Waals surface area contributed by atoms with Gasteiger partial charge in [-0.05, 0) is 72.8 Å². The van der Waals surface area contributed by atoms with E-state index in [9.17, 15) is 0 Å². The van der Waals surface area contributed by atoms with Gasteiger partial charge in [-0.1, -0.05) is 121 Å². The minimum atomic E-state index is 1.07. The molecule has 64 heavy (non-hydrogen) atoms. The Hall–Kier alpha value is -8.74. The molecule has 14 rings (SSSR count). The van der Waals surface area contributed by atoms with Crippen LogP contribution in [0.5, 0.6) is 0 Å². The monoisotopic (exact) mass is 816 g/mol. The average molecular weight is 817 g/mol. The first-order valence-electron chi connectivity index (χ1n) is 21.7. The van der Waals surface area contributed by atoms with Crippen molar-refractivity contribution in [3.63, 3.8) is 0 Å². The van der Waals surface area contributed by atoms with E-state index in [0.29, 0.717) is 0 Å². The first kappa shape index (κ1) is 34.9. The third-order valence-corrected chi connectivity index (χ3v) is 13.4. The molecular weight excluding hydrogens is 781 g/mol. The van der Waals surface area contributed by atoms with Crippen molar-refractivity contribution < 1.29 is 0 Å². The first-order chi connectivity index (χ1) is 31.8. The van der Waals surface area contributed by atoms with Gasteiger partial charge in [0.2, 0.25) is 0 Å². The lowest BCUT2D eigenvalue weighted by Crippen LogP contribution is -2.05. The van der Waals surface area contributed by atoms with Crippen molar-refractivity contribution >= 4 is 87.2 Å². The molecule has 0 atom stereocenters. The zero-order chi connectivity index (χ0) is 41.9. The normalized spacial score (nSPS) is 12.1. The Kier molecular flexibility index (Phi) is 7.30. The highest BCUT2D eigenvalue weighted by Crippen LogP contribution is 2.44. The molecule has 298 valence electrons.